The van der Waals surface area contributed by atoms with Crippen molar-refractivity contribution in [2.75, 3.05) is 26.2 Å². The summed E-state index contributed by atoms with van der Waals surface area (Å²) in [5.74, 6) is 0.728. The van der Waals surface area contributed by atoms with Crippen LogP contribution in [-0.4, -0.2) is 37.5 Å². The number of nitrogens with one attached hydrogen (secondary N) is 2. The van der Waals surface area contributed by atoms with Crippen molar-refractivity contribution in [3.05, 3.63) is 28.8 Å². The molecule has 0 fully saturated rings. The van der Waals surface area contributed by atoms with E-state index in [0.717, 1.165) is 30.9 Å². The minimum absolute atomic E-state index is 0. The van der Waals surface area contributed by atoms with Crippen molar-refractivity contribution in [3.8, 4) is 5.75 Å². The van der Waals surface area contributed by atoms with E-state index < -0.39 is 0 Å². The first-order chi connectivity index (χ1) is 9.13. The van der Waals surface area contributed by atoms with E-state index in [-0.39, 0.29) is 30.9 Å². The zero-order valence-electron chi connectivity index (χ0n) is 12.3. The molecule has 0 aliphatic rings. The van der Waals surface area contributed by atoms with Gasteiger partial charge >= 0.3 is 0 Å². The Bertz CT molecular complexity index is 379. The van der Waals surface area contributed by atoms with Gasteiger partial charge in [-0.3, -0.25) is 0 Å². The molecule has 0 aliphatic carbocycles. The zero-order valence-corrected chi connectivity index (χ0v) is 14.6. The fourth-order valence-corrected chi connectivity index (χ4v) is 1.91. The van der Waals surface area contributed by atoms with Gasteiger partial charge in [-0.25, -0.2) is 0 Å². The van der Waals surface area contributed by atoms with Gasteiger partial charge < -0.3 is 45.3 Å². The molecule has 0 saturated heterocycles. The normalized spacial score (nSPS) is 11.2. The maximum atomic E-state index is 9.08. The number of ether oxygens (including phenoxy) is 1. The highest BCUT2D eigenvalue weighted by Gasteiger charge is 2.02. The van der Waals surface area contributed by atoms with Crippen LogP contribution in [0, 0.1) is 0 Å². The second kappa shape index (κ2) is 13.4. The Labute approximate surface area is 144 Å². The summed E-state index contributed by atoms with van der Waals surface area (Å²) in [6.45, 7) is 7.38. The van der Waals surface area contributed by atoms with Crippen molar-refractivity contribution in [2.45, 2.75) is 26.5 Å². The van der Waals surface area contributed by atoms with Gasteiger partial charge in [0.15, 0.2) is 0 Å². The Morgan fingerprint density at radius 3 is 2.48 bits per heavy atom. The highest BCUT2D eigenvalue weighted by Crippen LogP contribution is 2.25. The van der Waals surface area contributed by atoms with Gasteiger partial charge in [-0.1, -0.05) is 17.7 Å². The van der Waals surface area contributed by atoms with Crippen molar-refractivity contribution in [3.63, 3.8) is 0 Å². The first-order valence-electron chi connectivity index (χ1n) is 6.64. The van der Waals surface area contributed by atoms with Gasteiger partial charge in [0.2, 0.25) is 0 Å². The molecule has 0 radical (unpaired) electrons. The summed E-state index contributed by atoms with van der Waals surface area (Å²) >= 11 is 6.11. The van der Waals surface area contributed by atoms with Crippen molar-refractivity contribution >= 4 is 11.6 Å². The SMILES string of the molecule is CCOc1ccc(CNCCNCC(C)O)cc1Cl.[Cl-].[Cl-]. The predicted molar refractivity (Wildman–Crippen MR) is 78.9 cm³/mol. The third kappa shape index (κ3) is 10.2. The summed E-state index contributed by atoms with van der Waals surface area (Å²) in [6.07, 6.45) is -0.301. The largest absolute Gasteiger partial charge is 1.00 e. The van der Waals surface area contributed by atoms with Crippen LogP contribution >= 0.6 is 11.6 Å². The van der Waals surface area contributed by atoms with E-state index in [1.54, 1.807) is 6.92 Å². The minimum Gasteiger partial charge on any atom is -1.00 e. The first-order valence-corrected chi connectivity index (χ1v) is 7.02. The fraction of sp³-hybridized carbons (Fsp3) is 0.571. The van der Waals surface area contributed by atoms with E-state index in [0.29, 0.717) is 18.2 Å². The van der Waals surface area contributed by atoms with Gasteiger partial charge in [0.1, 0.15) is 5.75 Å². The summed E-state index contributed by atoms with van der Waals surface area (Å²) in [6, 6.07) is 5.82. The number of rotatable bonds is 9. The highest BCUT2D eigenvalue weighted by molar-refractivity contribution is 6.32. The van der Waals surface area contributed by atoms with Crippen LogP contribution in [0.4, 0.5) is 0 Å². The molecule has 124 valence electrons. The topological polar surface area (TPSA) is 53.5 Å². The minimum atomic E-state index is -0.301. The van der Waals surface area contributed by atoms with Crippen molar-refractivity contribution in [2.24, 2.45) is 0 Å². The van der Waals surface area contributed by atoms with E-state index in [9.17, 15) is 0 Å². The monoisotopic (exact) mass is 356 g/mol. The molecule has 1 aromatic carbocycles. The average Bonchev–Trinajstić information content (AvgIpc) is 2.36. The molecule has 0 saturated carbocycles. The molecule has 1 unspecified atom stereocenters. The summed E-state index contributed by atoms with van der Waals surface area (Å²) < 4.78 is 5.39. The molecule has 0 bridgehead atoms. The predicted octanol–water partition coefficient (Wildman–Crippen LogP) is -4.19. The van der Waals surface area contributed by atoms with Gasteiger partial charge in [0, 0.05) is 26.2 Å². The van der Waals surface area contributed by atoms with Crippen LogP contribution in [0.2, 0.25) is 5.02 Å². The molecule has 0 aliphatic heterocycles. The van der Waals surface area contributed by atoms with Crippen molar-refractivity contribution < 1.29 is 34.7 Å². The molecule has 0 spiro atoms. The van der Waals surface area contributed by atoms with Gasteiger partial charge in [0.25, 0.3) is 0 Å². The Balaban J connectivity index is 0. The first kappa shape index (κ1) is 23.0. The highest BCUT2D eigenvalue weighted by atomic mass is 35.5. The Hall–Kier alpha value is -0.230. The van der Waals surface area contributed by atoms with Gasteiger partial charge in [0.05, 0.1) is 17.7 Å². The Morgan fingerprint density at radius 2 is 1.90 bits per heavy atom. The summed E-state index contributed by atoms with van der Waals surface area (Å²) in [5, 5.41) is 16.2. The molecule has 1 rings (SSSR count). The zero-order chi connectivity index (χ0) is 14.1. The molecule has 7 heteroatoms. The van der Waals surface area contributed by atoms with E-state index in [2.05, 4.69) is 10.6 Å². The summed E-state index contributed by atoms with van der Waals surface area (Å²) in [5.41, 5.74) is 1.13. The molecule has 0 aromatic heterocycles. The lowest BCUT2D eigenvalue weighted by atomic mass is 10.2. The lowest BCUT2D eigenvalue weighted by Gasteiger charge is -2.10. The molecule has 1 atom stereocenters. The maximum absolute atomic E-state index is 9.08. The summed E-state index contributed by atoms with van der Waals surface area (Å²) in [4.78, 5) is 0. The van der Waals surface area contributed by atoms with Crippen LogP contribution in [0.15, 0.2) is 18.2 Å². The van der Waals surface area contributed by atoms with E-state index in [4.69, 9.17) is 21.4 Å². The second-order valence-electron chi connectivity index (χ2n) is 4.43. The molecule has 0 heterocycles. The molecule has 3 N–H and O–H groups in total. The lowest BCUT2D eigenvalue weighted by molar-refractivity contribution is -0.001000. The quantitative estimate of drug-likeness (QED) is 0.393. The van der Waals surface area contributed by atoms with Crippen molar-refractivity contribution in [1.82, 2.24) is 10.6 Å². The number of benzene rings is 1. The van der Waals surface area contributed by atoms with E-state index >= 15 is 0 Å². The summed E-state index contributed by atoms with van der Waals surface area (Å²) in [7, 11) is 0. The van der Waals surface area contributed by atoms with Crippen LogP contribution in [0.25, 0.3) is 0 Å². The van der Waals surface area contributed by atoms with Crippen LogP contribution in [-0.2, 0) is 6.54 Å². The standard InChI is InChI=1S/C14H23ClN2O2.2ClH/c1-3-19-14-5-4-12(8-13(14)15)10-17-7-6-16-9-11(2)18;;/h4-5,8,11,16-18H,3,6-7,9-10H2,1-2H3;2*1H/p-2. The molecule has 4 nitrogen and oxygen atoms in total. The van der Waals surface area contributed by atoms with Crippen LogP contribution in [0.1, 0.15) is 19.4 Å². The van der Waals surface area contributed by atoms with Crippen molar-refractivity contribution in [1.29, 1.82) is 0 Å². The van der Waals surface area contributed by atoms with Gasteiger partial charge in [-0.15, -0.1) is 0 Å². The average molecular weight is 358 g/mol. The number of halogens is 3. The number of hydrogen-bond donors (Lipinski definition) is 3. The molecule has 1 aromatic rings. The van der Waals surface area contributed by atoms with Gasteiger partial charge in [-0.05, 0) is 31.5 Å². The number of hydrogen-bond acceptors (Lipinski definition) is 4. The second-order valence-corrected chi connectivity index (χ2v) is 4.83. The smallest absolute Gasteiger partial charge is 0.137 e. The third-order valence-electron chi connectivity index (χ3n) is 2.54. The number of aliphatic hydroxyl groups excluding tert-OH is 1. The molecule has 0 amide bonds. The van der Waals surface area contributed by atoms with Crippen LogP contribution < -0.4 is 40.2 Å². The van der Waals surface area contributed by atoms with Gasteiger partial charge in [-0.2, -0.15) is 0 Å². The fourth-order valence-electron chi connectivity index (χ4n) is 1.65. The number of aliphatic hydroxyl groups is 1. The van der Waals surface area contributed by atoms with E-state index in [1.807, 2.05) is 25.1 Å². The molecular weight excluding hydrogens is 335 g/mol. The third-order valence-corrected chi connectivity index (χ3v) is 2.84. The van der Waals surface area contributed by atoms with Crippen LogP contribution in [0.3, 0.4) is 0 Å². The lowest BCUT2D eigenvalue weighted by Crippen LogP contribution is -3.00. The van der Waals surface area contributed by atoms with E-state index in [1.165, 1.54) is 0 Å². The molecular formula is C14H23Cl3N2O2-2. The Kier molecular flexibility index (Phi) is 14.7. The Morgan fingerprint density at radius 1 is 1.24 bits per heavy atom. The van der Waals surface area contributed by atoms with Crippen LogP contribution in [0.5, 0.6) is 5.75 Å². The maximum Gasteiger partial charge on any atom is 0.137 e. The molecule has 21 heavy (non-hydrogen) atoms.